The minimum absolute atomic E-state index is 0.0309. The number of anilines is 1. The van der Waals surface area contributed by atoms with Gasteiger partial charge in [0.05, 0.1) is 24.3 Å². The Kier molecular flexibility index (Phi) is 6.69. The number of nitrogens with one attached hydrogen (secondary N) is 1. The molecule has 2 aliphatic rings. The molecule has 3 heterocycles. The molecule has 7 heteroatoms. The first kappa shape index (κ1) is 20.9. The van der Waals surface area contributed by atoms with Crippen LogP contribution in [0.25, 0.3) is 0 Å². The van der Waals surface area contributed by atoms with Gasteiger partial charge in [0.2, 0.25) is 11.8 Å². The quantitative estimate of drug-likeness (QED) is 0.701. The number of carbonyl (C=O) groups excluding carboxylic acids is 2. The van der Waals surface area contributed by atoms with Crippen molar-refractivity contribution in [3.8, 4) is 5.75 Å². The second kappa shape index (κ2) is 9.62. The molecular formula is C23H29N3O3S. The van der Waals surface area contributed by atoms with Crippen molar-refractivity contribution in [3.05, 3.63) is 46.7 Å². The lowest BCUT2D eigenvalue weighted by Crippen LogP contribution is -2.39. The molecule has 1 aromatic carbocycles. The molecule has 1 N–H and O–H groups in total. The highest BCUT2D eigenvalue weighted by Gasteiger charge is 2.36. The van der Waals surface area contributed by atoms with Gasteiger partial charge in [0.15, 0.2) is 0 Å². The molecule has 4 rings (SSSR count). The first-order valence-corrected chi connectivity index (χ1v) is 11.6. The molecule has 0 radical (unpaired) electrons. The fourth-order valence-electron chi connectivity index (χ4n) is 4.36. The summed E-state index contributed by atoms with van der Waals surface area (Å²) in [5.74, 6) is 0.271. The van der Waals surface area contributed by atoms with Gasteiger partial charge in [-0.15, -0.1) is 11.3 Å². The van der Waals surface area contributed by atoms with E-state index in [-0.39, 0.29) is 30.2 Å². The van der Waals surface area contributed by atoms with E-state index in [0.29, 0.717) is 25.4 Å². The molecule has 2 fully saturated rings. The van der Waals surface area contributed by atoms with Crippen LogP contribution in [0.2, 0.25) is 0 Å². The van der Waals surface area contributed by atoms with Crippen molar-refractivity contribution in [2.45, 2.75) is 32.2 Å². The molecule has 0 saturated carbocycles. The highest BCUT2D eigenvalue weighted by molar-refractivity contribution is 7.10. The molecule has 2 aromatic rings. The number of rotatable bonds is 8. The highest BCUT2D eigenvalue weighted by atomic mass is 32.1. The lowest BCUT2D eigenvalue weighted by Gasteiger charge is -2.27. The van der Waals surface area contributed by atoms with Gasteiger partial charge in [-0.2, -0.15) is 0 Å². The third-order valence-electron chi connectivity index (χ3n) is 5.87. The summed E-state index contributed by atoms with van der Waals surface area (Å²) >= 11 is 1.74. The zero-order valence-corrected chi connectivity index (χ0v) is 18.2. The smallest absolute Gasteiger partial charge is 0.227 e. The standard InChI is InChI=1S/C23H29N3O3S/c1-2-29-20-9-4-3-8-18(20)26-16-17(14-22(26)27)23(28)24-15-19(21-10-7-13-30-21)25-11-5-6-12-25/h3-4,7-10,13,17,19H,2,5-6,11-12,14-16H2,1H3,(H,24,28). The molecule has 160 valence electrons. The monoisotopic (exact) mass is 427 g/mol. The van der Waals surface area contributed by atoms with Gasteiger partial charge in [-0.1, -0.05) is 18.2 Å². The minimum atomic E-state index is -0.338. The van der Waals surface area contributed by atoms with Crippen LogP contribution in [0, 0.1) is 5.92 Å². The molecule has 6 nitrogen and oxygen atoms in total. The van der Waals surface area contributed by atoms with E-state index < -0.39 is 0 Å². The molecule has 2 aliphatic heterocycles. The van der Waals surface area contributed by atoms with Crippen molar-refractivity contribution in [1.82, 2.24) is 10.2 Å². The lowest BCUT2D eigenvalue weighted by molar-refractivity contribution is -0.126. The van der Waals surface area contributed by atoms with E-state index in [9.17, 15) is 9.59 Å². The summed E-state index contributed by atoms with van der Waals surface area (Å²) in [6, 6.07) is 11.9. The average molecular weight is 428 g/mol. The van der Waals surface area contributed by atoms with Crippen LogP contribution in [0.15, 0.2) is 41.8 Å². The summed E-state index contributed by atoms with van der Waals surface area (Å²) in [6.07, 6.45) is 2.65. The van der Waals surface area contributed by atoms with Crippen molar-refractivity contribution in [1.29, 1.82) is 0 Å². The summed E-state index contributed by atoms with van der Waals surface area (Å²) in [4.78, 5) is 31.0. The molecule has 2 atom stereocenters. The molecule has 0 bridgehead atoms. The number of nitrogens with zero attached hydrogens (tertiary/aromatic N) is 2. The van der Waals surface area contributed by atoms with Gasteiger partial charge in [-0.3, -0.25) is 14.5 Å². The zero-order valence-electron chi connectivity index (χ0n) is 17.4. The SMILES string of the molecule is CCOc1ccccc1N1CC(C(=O)NCC(c2cccs2)N2CCCC2)CC1=O. The van der Waals surface area contributed by atoms with Crippen molar-refractivity contribution >= 4 is 28.8 Å². The van der Waals surface area contributed by atoms with Crippen LogP contribution in [0.4, 0.5) is 5.69 Å². The van der Waals surface area contributed by atoms with E-state index in [0.717, 1.165) is 18.8 Å². The van der Waals surface area contributed by atoms with Gasteiger partial charge in [-0.25, -0.2) is 0 Å². The van der Waals surface area contributed by atoms with Crippen molar-refractivity contribution < 1.29 is 14.3 Å². The van der Waals surface area contributed by atoms with Crippen LogP contribution in [0.3, 0.4) is 0 Å². The van der Waals surface area contributed by atoms with Crippen molar-refractivity contribution in [2.24, 2.45) is 5.92 Å². The zero-order chi connectivity index (χ0) is 20.9. The molecule has 2 amide bonds. The summed E-state index contributed by atoms with van der Waals surface area (Å²) < 4.78 is 5.67. The Bertz CT molecular complexity index is 864. The van der Waals surface area contributed by atoms with Crippen LogP contribution in [-0.2, 0) is 9.59 Å². The van der Waals surface area contributed by atoms with E-state index >= 15 is 0 Å². The first-order valence-electron chi connectivity index (χ1n) is 10.7. The second-order valence-corrected chi connectivity index (χ2v) is 8.80. The topological polar surface area (TPSA) is 61.9 Å². The number of benzene rings is 1. The highest BCUT2D eigenvalue weighted by Crippen LogP contribution is 2.33. The van der Waals surface area contributed by atoms with Gasteiger partial charge >= 0.3 is 0 Å². The van der Waals surface area contributed by atoms with Crippen LogP contribution in [0.1, 0.15) is 37.1 Å². The van der Waals surface area contributed by atoms with E-state index in [1.54, 1.807) is 16.2 Å². The van der Waals surface area contributed by atoms with Gasteiger partial charge in [0, 0.05) is 24.4 Å². The van der Waals surface area contributed by atoms with E-state index in [1.807, 2.05) is 31.2 Å². The van der Waals surface area contributed by atoms with Gasteiger partial charge in [0.1, 0.15) is 5.75 Å². The van der Waals surface area contributed by atoms with Gasteiger partial charge in [0.25, 0.3) is 0 Å². The third-order valence-corrected chi connectivity index (χ3v) is 6.85. The Morgan fingerprint density at radius 3 is 2.77 bits per heavy atom. The number of amides is 2. The first-order chi connectivity index (χ1) is 14.7. The van der Waals surface area contributed by atoms with Gasteiger partial charge < -0.3 is 15.0 Å². The number of para-hydroxylation sites is 2. The van der Waals surface area contributed by atoms with Crippen LogP contribution < -0.4 is 15.0 Å². The fraction of sp³-hybridized carbons (Fsp3) is 0.478. The summed E-state index contributed by atoms with van der Waals surface area (Å²) in [7, 11) is 0. The normalized spacial score (nSPS) is 20.5. The molecule has 0 aliphatic carbocycles. The number of thiophene rings is 1. The Morgan fingerprint density at radius 1 is 1.23 bits per heavy atom. The largest absolute Gasteiger partial charge is 0.492 e. The molecular weight excluding hydrogens is 398 g/mol. The molecule has 2 saturated heterocycles. The maximum Gasteiger partial charge on any atom is 0.227 e. The summed E-state index contributed by atoms with van der Waals surface area (Å²) in [6.45, 7) is 5.57. The summed E-state index contributed by atoms with van der Waals surface area (Å²) in [5.41, 5.74) is 0.744. The predicted molar refractivity (Wildman–Crippen MR) is 119 cm³/mol. The van der Waals surface area contributed by atoms with Crippen LogP contribution in [0.5, 0.6) is 5.75 Å². The fourth-order valence-corrected chi connectivity index (χ4v) is 5.22. The second-order valence-electron chi connectivity index (χ2n) is 7.83. The minimum Gasteiger partial charge on any atom is -0.492 e. The predicted octanol–water partition coefficient (Wildman–Crippen LogP) is 3.45. The van der Waals surface area contributed by atoms with Gasteiger partial charge in [-0.05, 0) is 56.4 Å². The number of ether oxygens (including phenoxy) is 1. The average Bonchev–Trinajstić information content (AvgIpc) is 3.51. The lowest BCUT2D eigenvalue weighted by atomic mass is 10.1. The summed E-state index contributed by atoms with van der Waals surface area (Å²) in [5, 5.41) is 5.23. The number of carbonyl (C=O) groups is 2. The van der Waals surface area contributed by atoms with Crippen molar-refractivity contribution in [3.63, 3.8) is 0 Å². The molecule has 1 aromatic heterocycles. The van der Waals surface area contributed by atoms with E-state index in [2.05, 4.69) is 27.7 Å². The van der Waals surface area contributed by atoms with Crippen LogP contribution >= 0.6 is 11.3 Å². The molecule has 0 spiro atoms. The maximum atomic E-state index is 12.9. The number of hydrogen-bond acceptors (Lipinski definition) is 5. The van der Waals surface area contributed by atoms with Crippen molar-refractivity contribution in [2.75, 3.05) is 37.7 Å². The Hall–Kier alpha value is -2.38. The van der Waals surface area contributed by atoms with E-state index in [4.69, 9.17) is 4.74 Å². The molecule has 30 heavy (non-hydrogen) atoms. The maximum absolute atomic E-state index is 12.9. The third kappa shape index (κ3) is 4.52. The van der Waals surface area contributed by atoms with Crippen LogP contribution in [-0.4, -0.2) is 49.5 Å². The Labute approximate surface area is 181 Å². The number of likely N-dealkylation sites (tertiary alicyclic amines) is 1. The number of hydrogen-bond donors (Lipinski definition) is 1. The Morgan fingerprint density at radius 2 is 2.03 bits per heavy atom. The Balaban J connectivity index is 1.40. The van der Waals surface area contributed by atoms with E-state index in [1.165, 1.54) is 17.7 Å². The molecule has 2 unspecified atom stereocenters.